The second-order valence-electron chi connectivity index (χ2n) is 5.56. The molecule has 3 rings (SSSR count). The Bertz CT molecular complexity index is 467. The highest BCUT2D eigenvalue weighted by atomic mass is 16.5. The minimum atomic E-state index is 0.0182. The van der Waals surface area contributed by atoms with Crippen LogP contribution in [0.15, 0.2) is 12.4 Å². The van der Waals surface area contributed by atoms with Crippen molar-refractivity contribution in [3.63, 3.8) is 0 Å². The molecule has 2 fully saturated rings. The van der Waals surface area contributed by atoms with Crippen LogP contribution in [-0.4, -0.2) is 53.2 Å². The SMILES string of the molecule is Cn1ccnc1C1CNCCN1C(=O)C1CCCOC1. The molecule has 6 heteroatoms. The molecule has 0 bridgehead atoms. The van der Waals surface area contributed by atoms with Crippen LogP contribution in [0, 0.1) is 5.92 Å². The molecule has 0 spiro atoms. The van der Waals surface area contributed by atoms with Crippen molar-refractivity contribution in [2.45, 2.75) is 18.9 Å². The molecule has 0 aliphatic carbocycles. The maximum Gasteiger partial charge on any atom is 0.228 e. The van der Waals surface area contributed by atoms with E-state index < -0.39 is 0 Å². The van der Waals surface area contributed by atoms with E-state index in [-0.39, 0.29) is 17.9 Å². The summed E-state index contributed by atoms with van der Waals surface area (Å²) in [5, 5.41) is 3.36. The second kappa shape index (κ2) is 5.93. The van der Waals surface area contributed by atoms with Crippen molar-refractivity contribution >= 4 is 5.91 Å². The van der Waals surface area contributed by atoms with Gasteiger partial charge in [-0.2, -0.15) is 0 Å². The van der Waals surface area contributed by atoms with Gasteiger partial charge < -0.3 is 19.5 Å². The molecule has 2 saturated heterocycles. The quantitative estimate of drug-likeness (QED) is 0.846. The van der Waals surface area contributed by atoms with Crippen LogP contribution >= 0.6 is 0 Å². The van der Waals surface area contributed by atoms with Gasteiger partial charge in [-0.3, -0.25) is 4.79 Å². The molecular formula is C14H22N4O2. The lowest BCUT2D eigenvalue weighted by molar-refractivity contribution is -0.143. The highest BCUT2D eigenvalue weighted by Crippen LogP contribution is 2.25. The number of nitrogens with one attached hydrogen (secondary N) is 1. The standard InChI is InChI=1S/C14H22N4O2/c1-17-6-5-16-13(17)12-9-15-4-7-18(12)14(19)11-3-2-8-20-10-11/h5-6,11-12,15H,2-4,7-10H2,1H3. The van der Waals surface area contributed by atoms with Crippen molar-refractivity contribution in [3.05, 3.63) is 18.2 Å². The Morgan fingerprint density at radius 3 is 3.15 bits per heavy atom. The number of hydrogen-bond acceptors (Lipinski definition) is 4. The van der Waals surface area contributed by atoms with Crippen LogP contribution in [0.3, 0.4) is 0 Å². The Hall–Kier alpha value is -1.40. The Kier molecular flexibility index (Phi) is 4.03. The average Bonchev–Trinajstić information content (AvgIpc) is 2.93. The fourth-order valence-electron chi connectivity index (χ4n) is 3.07. The van der Waals surface area contributed by atoms with Crippen molar-refractivity contribution in [1.29, 1.82) is 0 Å². The zero-order chi connectivity index (χ0) is 13.9. The summed E-state index contributed by atoms with van der Waals surface area (Å²) in [5.74, 6) is 1.19. The third-order valence-corrected chi connectivity index (χ3v) is 4.19. The van der Waals surface area contributed by atoms with Crippen LogP contribution < -0.4 is 5.32 Å². The maximum absolute atomic E-state index is 12.8. The number of carbonyl (C=O) groups excluding carboxylic acids is 1. The fraction of sp³-hybridized carbons (Fsp3) is 0.714. The van der Waals surface area contributed by atoms with Crippen LogP contribution in [0.2, 0.25) is 0 Å². The number of amides is 1. The molecule has 110 valence electrons. The molecule has 1 aromatic rings. The number of aryl methyl sites for hydroxylation is 1. The molecule has 20 heavy (non-hydrogen) atoms. The Labute approximate surface area is 119 Å². The van der Waals surface area contributed by atoms with Crippen molar-refractivity contribution in [1.82, 2.24) is 19.8 Å². The smallest absolute Gasteiger partial charge is 0.228 e. The van der Waals surface area contributed by atoms with E-state index in [0.717, 1.165) is 44.9 Å². The summed E-state index contributed by atoms with van der Waals surface area (Å²) in [6.45, 7) is 3.71. The highest BCUT2D eigenvalue weighted by molar-refractivity contribution is 5.79. The van der Waals surface area contributed by atoms with E-state index in [1.807, 2.05) is 22.7 Å². The van der Waals surface area contributed by atoms with Gasteiger partial charge in [0.1, 0.15) is 11.9 Å². The van der Waals surface area contributed by atoms with Gasteiger partial charge >= 0.3 is 0 Å². The number of carbonyl (C=O) groups is 1. The number of piperazine rings is 1. The minimum Gasteiger partial charge on any atom is -0.381 e. The third kappa shape index (κ3) is 2.58. The lowest BCUT2D eigenvalue weighted by atomic mass is 9.99. The van der Waals surface area contributed by atoms with Crippen LogP contribution in [-0.2, 0) is 16.6 Å². The fourth-order valence-corrected chi connectivity index (χ4v) is 3.07. The summed E-state index contributed by atoms with van der Waals surface area (Å²) in [5.41, 5.74) is 0. The van der Waals surface area contributed by atoms with Gasteiger partial charge in [0.25, 0.3) is 0 Å². The number of hydrogen-bond donors (Lipinski definition) is 1. The summed E-state index contributed by atoms with van der Waals surface area (Å²) in [6.07, 6.45) is 5.64. The van der Waals surface area contributed by atoms with Gasteiger partial charge in [-0.05, 0) is 12.8 Å². The minimum absolute atomic E-state index is 0.0182. The number of rotatable bonds is 2. The normalized spacial score (nSPS) is 27.6. The molecular weight excluding hydrogens is 256 g/mol. The summed E-state index contributed by atoms with van der Waals surface area (Å²) < 4.78 is 7.46. The van der Waals surface area contributed by atoms with Crippen molar-refractivity contribution < 1.29 is 9.53 Å². The zero-order valence-corrected chi connectivity index (χ0v) is 11.9. The van der Waals surface area contributed by atoms with Gasteiger partial charge in [-0.15, -0.1) is 0 Å². The molecule has 6 nitrogen and oxygen atoms in total. The summed E-state index contributed by atoms with van der Waals surface area (Å²) in [6, 6.07) is 0.0261. The molecule has 2 aliphatic heterocycles. The average molecular weight is 278 g/mol. The predicted octanol–water partition coefficient (Wildman–Crippen LogP) is 0.320. The van der Waals surface area contributed by atoms with Crippen molar-refractivity contribution in [2.75, 3.05) is 32.8 Å². The summed E-state index contributed by atoms with van der Waals surface area (Å²) in [7, 11) is 1.98. The van der Waals surface area contributed by atoms with Gasteiger partial charge in [0.2, 0.25) is 5.91 Å². The zero-order valence-electron chi connectivity index (χ0n) is 11.9. The molecule has 2 aliphatic rings. The number of ether oxygens (including phenoxy) is 1. The topological polar surface area (TPSA) is 59.4 Å². The van der Waals surface area contributed by atoms with E-state index in [4.69, 9.17) is 4.74 Å². The van der Waals surface area contributed by atoms with Crippen LogP contribution in [0.25, 0.3) is 0 Å². The van der Waals surface area contributed by atoms with Gasteiger partial charge in [-0.25, -0.2) is 4.98 Å². The molecule has 1 N–H and O–H groups in total. The first-order valence-corrected chi connectivity index (χ1v) is 7.33. The lowest BCUT2D eigenvalue weighted by Crippen LogP contribution is -2.52. The molecule has 1 amide bonds. The van der Waals surface area contributed by atoms with Crippen LogP contribution in [0.1, 0.15) is 24.7 Å². The summed E-state index contributed by atoms with van der Waals surface area (Å²) in [4.78, 5) is 19.2. The molecule has 0 aromatic carbocycles. The largest absolute Gasteiger partial charge is 0.381 e. The van der Waals surface area contributed by atoms with Gasteiger partial charge in [0, 0.05) is 45.7 Å². The van der Waals surface area contributed by atoms with Gasteiger partial charge in [0.05, 0.1) is 12.5 Å². The highest BCUT2D eigenvalue weighted by Gasteiger charge is 2.34. The number of aromatic nitrogens is 2. The van der Waals surface area contributed by atoms with E-state index in [1.165, 1.54) is 0 Å². The van der Waals surface area contributed by atoms with Crippen molar-refractivity contribution in [3.8, 4) is 0 Å². The Morgan fingerprint density at radius 1 is 1.55 bits per heavy atom. The maximum atomic E-state index is 12.8. The number of imidazole rings is 1. The molecule has 0 saturated carbocycles. The van der Waals surface area contributed by atoms with E-state index >= 15 is 0 Å². The Balaban J connectivity index is 1.78. The van der Waals surface area contributed by atoms with E-state index in [2.05, 4.69) is 10.3 Å². The monoisotopic (exact) mass is 278 g/mol. The van der Waals surface area contributed by atoms with Crippen LogP contribution in [0.4, 0.5) is 0 Å². The first-order valence-electron chi connectivity index (χ1n) is 7.33. The van der Waals surface area contributed by atoms with Gasteiger partial charge in [-0.1, -0.05) is 0 Å². The first-order chi connectivity index (χ1) is 9.77. The Morgan fingerprint density at radius 2 is 2.45 bits per heavy atom. The molecule has 3 heterocycles. The van der Waals surface area contributed by atoms with Crippen molar-refractivity contribution in [2.24, 2.45) is 13.0 Å². The third-order valence-electron chi connectivity index (χ3n) is 4.19. The van der Waals surface area contributed by atoms with Crippen LogP contribution in [0.5, 0.6) is 0 Å². The van der Waals surface area contributed by atoms with E-state index in [1.54, 1.807) is 6.20 Å². The molecule has 2 unspecified atom stereocenters. The predicted molar refractivity (Wildman–Crippen MR) is 74.1 cm³/mol. The second-order valence-corrected chi connectivity index (χ2v) is 5.56. The van der Waals surface area contributed by atoms with E-state index in [0.29, 0.717) is 6.61 Å². The first kappa shape index (κ1) is 13.6. The number of nitrogens with zero attached hydrogens (tertiary/aromatic N) is 3. The van der Waals surface area contributed by atoms with E-state index in [9.17, 15) is 4.79 Å². The summed E-state index contributed by atoms with van der Waals surface area (Å²) >= 11 is 0. The lowest BCUT2D eigenvalue weighted by Gasteiger charge is -2.38. The molecule has 1 aromatic heterocycles. The van der Waals surface area contributed by atoms with Gasteiger partial charge in [0.15, 0.2) is 0 Å². The molecule has 0 radical (unpaired) electrons. The molecule has 2 atom stereocenters.